The highest BCUT2D eigenvalue weighted by atomic mass is 35.5. The van der Waals surface area contributed by atoms with Gasteiger partial charge in [0.25, 0.3) is 0 Å². The number of ether oxygens (including phenoxy) is 1. The monoisotopic (exact) mass is 345 g/mol. The molecule has 0 radical (unpaired) electrons. The highest BCUT2D eigenvalue weighted by molar-refractivity contribution is 6.30. The standard InChI is InChI=1S/C20H24ClNO2/c1-2-24-20(23)14-9-17-7-12-19(13-8-17)22-15-3-4-16-5-10-18(21)11-6-16/h5-8,10-13,22H,2-4,9,14-15H2,1H3. The lowest BCUT2D eigenvalue weighted by molar-refractivity contribution is -0.143. The van der Waals surface area contributed by atoms with Gasteiger partial charge in [0.2, 0.25) is 0 Å². The van der Waals surface area contributed by atoms with E-state index in [-0.39, 0.29) is 5.97 Å². The van der Waals surface area contributed by atoms with Crippen molar-refractivity contribution in [2.75, 3.05) is 18.5 Å². The van der Waals surface area contributed by atoms with E-state index >= 15 is 0 Å². The molecule has 0 heterocycles. The van der Waals surface area contributed by atoms with Crippen LogP contribution in [0.4, 0.5) is 5.69 Å². The van der Waals surface area contributed by atoms with Crippen LogP contribution >= 0.6 is 11.6 Å². The molecule has 0 atom stereocenters. The molecule has 24 heavy (non-hydrogen) atoms. The van der Waals surface area contributed by atoms with E-state index in [1.54, 1.807) is 0 Å². The van der Waals surface area contributed by atoms with Crippen molar-refractivity contribution >= 4 is 23.3 Å². The zero-order valence-corrected chi connectivity index (χ0v) is 14.8. The summed E-state index contributed by atoms with van der Waals surface area (Å²) in [4.78, 5) is 11.4. The molecule has 0 spiro atoms. The Morgan fingerprint density at radius 2 is 1.62 bits per heavy atom. The second-order valence-corrected chi connectivity index (χ2v) is 6.10. The number of rotatable bonds is 9. The molecule has 0 amide bonds. The Labute approximate surface area is 149 Å². The lowest BCUT2D eigenvalue weighted by Crippen LogP contribution is -2.05. The lowest BCUT2D eigenvalue weighted by atomic mass is 10.1. The maximum Gasteiger partial charge on any atom is 0.306 e. The summed E-state index contributed by atoms with van der Waals surface area (Å²) in [5.41, 5.74) is 3.55. The quantitative estimate of drug-likeness (QED) is 0.520. The van der Waals surface area contributed by atoms with E-state index in [1.165, 1.54) is 5.56 Å². The number of carbonyl (C=O) groups is 1. The maximum atomic E-state index is 11.4. The van der Waals surface area contributed by atoms with Gasteiger partial charge in [0.1, 0.15) is 0 Å². The molecule has 4 heteroatoms. The number of benzene rings is 2. The second kappa shape index (κ2) is 9.99. The summed E-state index contributed by atoms with van der Waals surface area (Å²) in [5.74, 6) is -0.137. The van der Waals surface area contributed by atoms with Crippen LogP contribution in [-0.4, -0.2) is 19.1 Å². The molecule has 0 bridgehead atoms. The SMILES string of the molecule is CCOC(=O)CCc1ccc(NCCCc2ccc(Cl)cc2)cc1. The summed E-state index contributed by atoms with van der Waals surface area (Å²) < 4.78 is 4.94. The zero-order valence-electron chi connectivity index (χ0n) is 14.1. The van der Waals surface area contributed by atoms with Gasteiger partial charge in [-0.05, 0) is 61.6 Å². The molecule has 0 unspecified atom stereocenters. The highest BCUT2D eigenvalue weighted by Gasteiger charge is 2.02. The highest BCUT2D eigenvalue weighted by Crippen LogP contribution is 2.13. The molecular formula is C20H24ClNO2. The molecule has 0 aliphatic carbocycles. The molecule has 0 aliphatic heterocycles. The van der Waals surface area contributed by atoms with E-state index in [1.807, 2.05) is 19.1 Å². The minimum atomic E-state index is -0.137. The van der Waals surface area contributed by atoms with Gasteiger partial charge in [0.15, 0.2) is 0 Å². The smallest absolute Gasteiger partial charge is 0.306 e. The summed E-state index contributed by atoms with van der Waals surface area (Å²) in [7, 11) is 0. The van der Waals surface area contributed by atoms with Crippen molar-refractivity contribution in [1.82, 2.24) is 0 Å². The van der Waals surface area contributed by atoms with Gasteiger partial charge < -0.3 is 10.1 Å². The molecular weight excluding hydrogens is 322 g/mol. The van der Waals surface area contributed by atoms with Crippen LogP contribution in [0.25, 0.3) is 0 Å². The summed E-state index contributed by atoms with van der Waals surface area (Å²) in [5, 5.41) is 4.20. The topological polar surface area (TPSA) is 38.3 Å². The number of hydrogen-bond donors (Lipinski definition) is 1. The second-order valence-electron chi connectivity index (χ2n) is 5.66. The number of halogens is 1. The Morgan fingerprint density at radius 3 is 2.29 bits per heavy atom. The summed E-state index contributed by atoms with van der Waals surface area (Å²) in [6.07, 6.45) is 3.24. The third kappa shape index (κ3) is 6.63. The Hall–Kier alpha value is -2.00. The van der Waals surface area contributed by atoms with Crippen LogP contribution in [0.5, 0.6) is 0 Å². The van der Waals surface area contributed by atoms with Crippen molar-refractivity contribution in [3.63, 3.8) is 0 Å². The van der Waals surface area contributed by atoms with Crippen LogP contribution in [0.15, 0.2) is 48.5 Å². The normalized spacial score (nSPS) is 10.4. The van der Waals surface area contributed by atoms with Crippen molar-refractivity contribution in [2.24, 2.45) is 0 Å². The van der Waals surface area contributed by atoms with Gasteiger partial charge in [-0.15, -0.1) is 0 Å². The van der Waals surface area contributed by atoms with Gasteiger partial charge in [-0.1, -0.05) is 35.9 Å². The fraction of sp³-hybridized carbons (Fsp3) is 0.350. The largest absolute Gasteiger partial charge is 0.466 e. The predicted molar refractivity (Wildman–Crippen MR) is 99.7 cm³/mol. The van der Waals surface area contributed by atoms with E-state index in [0.717, 1.165) is 42.1 Å². The predicted octanol–water partition coefficient (Wildman–Crippen LogP) is 4.88. The number of esters is 1. The van der Waals surface area contributed by atoms with Gasteiger partial charge >= 0.3 is 5.97 Å². The van der Waals surface area contributed by atoms with Crippen LogP contribution in [0.1, 0.15) is 30.9 Å². The Morgan fingerprint density at radius 1 is 1.00 bits per heavy atom. The minimum absolute atomic E-state index is 0.137. The molecule has 0 aliphatic rings. The first-order valence-electron chi connectivity index (χ1n) is 8.40. The number of anilines is 1. The fourth-order valence-electron chi connectivity index (χ4n) is 2.45. The van der Waals surface area contributed by atoms with Gasteiger partial charge in [0, 0.05) is 23.7 Å². The molecule has 3 nitrogen and oxygen atoms in total. The molecule has 2 aromatic carbocycles. The molecule has 2 rings (SSSR count). The number of hydrogen-bond acceptors (Lipinski definition) is 3. The van der Waals surface area contributed by atoms with Gasteiger partial charge in [-0.2, -0.15) is 0 Å². The summed E-state index contributed by atoms with van der Waals surface area (Å²) in [6, 6.07) is 16.2. The van der Waals surface area contributed by atoms with Crippen LogP contribution in [0, 0.1) is 0 Å². The molecule has 0 fully saturated rings. The van der Waals surface area contributed by atoms with Crippen molar-refractivity contribution in [3.8, 4) is 0 Å². The van der Waals surface area contributed by atoms with Crippen LogP contribution < -0.4 is 5.32 Å². The first-order valence-corrected chi connectivity index (χ1v) is 8.78. The van der Waals surface area contributed by atoms with E-state index in [2.05, 4.69) is 41.7 Å². The van der Waals surface area contributed by atoms with E-state index in [0.29, 0.717) is 13.0 Å². The van der Waals surface area contributed by atoms with E-state index in [9.17, 15) is 4.79 Å². The molecule has 1 N–H and O–H groups in total. The third-order valence-electron chi connectivity index (χ3n) is 3.76. The summed E-state index contributed by atoms with van der Waals surface area (Å²) in [6.45, 7) is 3.19. The Bertz CT molecular complexity index is 623. The Kier molecular flexibility index (Phi) is 7.63. The molecule has 2 aromatic rings. The first-order chi connectivity index (χ1) is 11.7. The Balaban J connectivity index is 1.68. The number of carbonyl (C=O) groups excluding carboxylic acids is 1. The van der Waals surface area contributed by atoms with Crippen LogP contribution in [0.2, 0.25) is 5.02 Å². The molecule has 0 saturated heterocycles. The van der Waals surface area contributed by atoms with Crippen LogP contribution in [-0.2, 0) is 22.4 Å². The summed E-state index contributed by atoms with van der Waals surface area (Å²) >= 11 is 5.88. The average molecular weight is 346 g/mol. The van der Waals surface area contributed by atoms with Gasteiger partial charge in [-0.25, -0.2) is 0 Å². The average Bonchev–Trinajstić information content (AvgIpc) is 2.60. The van der Waals surface area contributed by atoms with Gasteiger partial charge in [-0.3, -0.25) is 4.79 Å². The maximum absolute atomic E-state index is 11.4. The molecule has 0 saturated carbocycles. The third-order valence-corrected chi connectivity index (χ3v) is 4.01. The van der Waals surface area contributed by atoms with Crippen molar-refractivity contribution in [3.05, 3.63) is 64.7 Å². The lowest BCUT2D eigenvalue weighted by Gasteiger charge is -2.08. The zero-order chi connectivity index (χ0) is 17.2. The first kappa shape index (κ1) is 18.3. The van der Waals surface area contributed by atoms with Gasteiger partial charge in [0.05, 0.1) is 6.61 Å². The fourth-order valence-corrected chi connectivity index (χ4v) is 2.57. The van der Waals surface area contributed by atoms with Crippen LogP contribution in [0.3, 0.4) is 0 Å². The van der Waals surface area contributed by atoms with E-state index < -0.39 is 0 Å². The van der Waals surface area contributed by atoms with Crippen molar-refractivity contribution < 1.29 is 9.53 Å². The molecule has 0 aromatic heterocycles. The number of aryl methyl sites for hydroxylation is 2. The van der Waals surface area contributed by atoms with Crippen molar-refractivity contribution in [1.29, 1.82) is 0 Å². The van der Waals surface area contributed by atoms with E-state index in [4.69, 9.17) is 16.3 Å². The number of nitrogens with one attached hydrogen (secondary N) is 1. The van der Waals surface area contributed by atoms with Crippen molar-refractivity contribution in [2.45, 2.75) is 32.6 Å². The minimum Gasteiger partial charge on any atom is -0.466 e. The molecule has 128 valence electrons.